The highest BCUT2D eigenvalue weighted by molar-refractivity contribution is 7.89. The third kappa shape index (κ3) is 4.70. The molecular formula is C20H24N2O5S. The summed E-state index contributed by atoms with van der Waals surface area (Å²) in [6.07, 6.45) is 0. The highest BCUT2D eigenvalue weighted by atomic mass is 32.2. The van der Waals surface area contributed by atoms with Crippen LogP contribution in [0.3, 0.4) is 0 Å². The lowest BCUT2D eigenvalue weighted by Gasteiger charge is -2.26. The maximum atomic E-state index is 12.8. The van der Waals surface area contributed by atoms with Gasteiger partial charge in [-0.15, -0.1) is 0 Å². The Bertz CT molecular complexity index is 924. The molecule has 2 aromatic carbocycles. The molecule has 8 heteroatoms. The first-order valence-corrected chi connectivity index (χ1v) is 10.6. The highest BCUT2D eigenvalue weighted by Gasteiger charge is 2.26. The summed E-state index contributed by atoms with van der Waals surface area (Å²) in [5, 5.41) is 2.82. The summed E-state index contributed by atoms with van der Waals surface area (Å²) in [6, 6.07) is 13.6. The third-order valence-corrected chi connectivity index (χ3v) is 6.31. The van der Waals surface area contributed by atoms with Gasteiger partial charge in [-0.2, -0.15) is 4.31 Å². The predicted molar refractivity (Wildman–Crippen MR) is 105 cm³/mol. The number of amides is 1. The molecule has 0 unspecified atom stereocenters. The number of ether oxygens (including phenoxy) is 2. The van der Waals surface area contributed by atoms with Crippen molar-refractivity contribution in [3.05, 3.63) is 59.7 Å². The lowest BCUT2D eigenvalue weighted by molar-refractivity contribution is 0.0730. The monoisotopic (exact) mass is 404 g/mol. The van der Waals surface area contributed by atoms with Gasteiger partial charge in [0.25, 0.3) is 5.91 Å². The van der Waals surface area contributed by atoms with Gasteiger partial charge in [-0.3, -0.25) is 4.79 Å². The Labute approximate surface area is 165 Å². The molecule has 1 aliphatic heterocycles. The number of hydrogen-bond acceptors (Lipinski definition) is 5. The van der Waals surface area contributed by atoms with Gasteiger partial charge in [-0.25, -0.2) is 8.42 Å². The number of nitrogens with zero attached hydrogens (tertiary/aromatic N) is 1. The number of morpholine rings is 1. The Morgan fingerprint density at radius 3 is 2.64 bits per heavy atom. The maximum absolute atomic E-state index is 12.8. The van der Waals surface area contributed by atoms with E-state index in [1.807, 2.05) is 31.2 Å². The van der Waals surface area contributed by atoms with Gasteiger partial charge in [0, 0.05) is 30.8 Å². The van der Waals surface area contributed by atoms with Gasteiger partial charge >= 0.3 is 0 Å². The lowest BCUT2D eigenvalue weighted by atomic mass is 10.1. The van der Waals surface area contributed by atoms with Crippen LogP contribution in [0.5, 0.6) is 5.75 Å². The Morgan fingerprint density at radius 1 is 1.14 bits per heavy atom. The van der Waals surface area contributed by atoms with Crippen molar-refractivity contribution >= 4 is 15.9 Å². The molecule has 0 aromatic heterocycles. The second-order valence-corrected chi connectivity index (χ2v) is 8.21. The molecule has 3 rings (SSSR count). The fourth-order valence-corrected chi connectivity index (χ4v) is 4.41. The summed E-state index contributed by atoms with van der Waals surface area (Å²) in [4.78, 5) is 12.7. The summed E-state index contributed by atoms with van der Waals surface area (Å²) in [6.45, 7) is 4.09. The number of hydrogen-bond donors (Lipinski definition) is 1. The van der Waals surface area contributed by atoms with Crippen molar-refractivity contribution in [1.29, 1.82) is 0 Å². The molecule has 1 saturated heterocycles. The summed E-state index contributed by atoms with van der Waals surface area (Å²) in [7, 11) is -3.65. The average molecular weight is 404 g/mol. The van der Waals surface area contributed by atoms with Gasteiger partial charge in [-0.05, 0) is 31.2 Å². The fourth-order valence-electron chi connectivity index (χ4n) is 2.96. The molecule has 0 radical (unpaired) electrons. The van der Waals surface area contributed by atoms with Gasteiger partial charge in [-0.1, -0.05) is 24.3 Å². The maximum Gasteiger partial charge on any atom is 0.251 e. The van der Waals surface area contributed by atoms with E-state index < -0.39 is 10.0 Å². The zero-order valence-electron chi connectivity index (χ0n) is 15.8. The van der Waals surface area contributed by atoms with E-state index in [-0.39, 0.29) is 17.3 Å². The average Bonchev–Trinajstić information content (AvgIpc) is 2.74. The van der Waals surface area contributed by atoms with Crippen molar-refractivity contribution in [3.63, 3.8) is 0 Å². The first-order chi connectivity index (χ1) is 13.5. The van der Waals surface area contributed by atoms with Crippen molar-refractivity contribution in [2.45, 2.75) is 18.4 Å². The summed E-state index contributed by atoms with van der Waals surface area (Å²) in [5.41, 5.74) is 1.15. The summed E-state index contributed by atoms with van der Waals surface area (Å²) in [5.74, 6) is 0.374. The first-order valence-electron chi connectivity index (χ1n) is 9.19. The minimum Gasteiger partial charge on any atom is -0.494 e. The van der Waals surface area contributed by atoms with Crippen LogP contribution in [0, 0.1) is 0 Å². The molecule has 0 saturated carbocycles. The van der Waals surface area contributed by atoms with Crippen LogP contribution in [-0.2, 0) is 21.3 Å². The molecule has 28 heavy (non-hydrogen) atoms. The second kappa shape index (κ2) is 9.18. The Morgan fingerprint density at radius 2 is 1.89 bits per heavy atom. The van der Waals surface area contributed by atoms with Crippen molar-refractivity contribution in [1.82, 2.24) is 9.62 Å². The van der Waals surface area contributed by atoms with Crippen LogP contribution in [0.4, 0.5) is 0 Å². The van der Waals surface area contributed by atoms with E-state index in [9.17, 15) is 13.2 Å². The molecule has 1 fully saturated rings. The number of benzene rings is 2. The van der Waals surface area contributed by atoms with Crippen LogP contribution < -0.4 is 10.1 Å². The number of carbonyl (C=O) groups is 1. The SMILES string of the molecule is CCOc1ccccc1CNC(=O)c1cccc(S(=O)(=O)N2CCOCC2)c1. The fraction of sp³-hybridized carbons (Fsp3) is 0.350. The summed E-state index contributed by atoms with van der Waals surface area (Å²) >= 11 is 0. The molecule has 1 heterocycles. The zero-order chi connectivity index (χ0) is 20.0. The summed E-state index contributed by atoms with van der Waals surface area (Å²) < 4.78 is 37.7. The minimum absolute atomic E-state index is 0.108. The second-order valence-electron chi connectivity index (χ2n) is 6.27. The molecule has 1 amide bonds. The molecule has 0 aliphatic carbocycles. The lowest BCUT2D eigenvalue weighted by Crippen LogP contribution is -2.40. The molecule has 150 valence electrons. The Hall–Kier alpha value is -2.42. The topological polar surface area (TPSA) is 84.9 Å². The standard InChI is InChI=1S/C20H24N2O5S/c1-2-27-19-9-4-3-6-17(19)15-21-20(23)16-7-5-8-18(14-16)28(24,25)22-10-12-26-13-11-22/h3-9,14H,2,10-13,15H2,1H3,(H,21,23). The normalized spacial score (nSPS) is 15.2. The molecule has 0 atom stereocenters. The number of para-hydroxylation sites is 1. The van der Waals surface area contributed by atoms with E-state index in [0.717, 1.165) is 5.56 Å². The van der Waals surface area contributed by atoms with Gasteiger partial charge in [0.1, 0.15) is 5.75 Å². The van der Waals surface area contributed by atoms with Crippen LogP contribution in [0.15, 0.2) is 53.4 Å². The van der Waals surface area contributed by atoms with Crippen LogP contribution >= 0.6 is 0 Å². The van der Waals surface area contributed by atoms with Crippen LogP contribution in [-0.4, -0.2) is 51.5 Å². The Kier molecular flexibility index (Phi) is 6.66. The smallest absolute Gasteiger partial charge is 0.251 e. The highest BCUT2D eigenvalue weighted by Crippen LogP contribution is 2.20. The number of carbonyl (C=O) groups excluding carboxylic acids is 1. The van der Waals surface area contributed by atoms with Crippen LogP contribution in [0.1, 0.15) is 22.8 Å². The third-order valence-electron chi connectivity index (χ3n) is 4.42. The van der Waals surface area contributed by atoms with Crippen molar-refractivity contribution < 1.29 is 22.7 Å². The van der Waals surface area contributed by atoms with Crippen LogP contribution in [0.2, 0.25) is 0 Å². The number of sulfonamides is 1. The van der Waals surface area contributed by atoms with Crippen molar-refractivity contribution in [2.24, 2.45) is 0 Å². The van der Waals surface area contributed by atoms with Gasteiger partial charge in [0.05, 0.1) is 24.7 Å². The van der Waals surface area contributed by atoms with E-state index in [1.54, 1.807) is 12.1 Å². The van der Waals surface area contributed by atoms with E-state index in [0.29, 0.717) is 44.2 Å². The largest absolute Gasteiger partial charge is 0.494 e. The van der Waals surface area contributed by atoms with Gasteiger partial charge in [0.2, 0.25) is 10.0 Å². The van der Waals surface area contributed by atoms with Crippen LogP contribution in [0.25, 0.3) is 0 Å². The van der Waals surface area contributed by atoms with Gasteiger partial charge in [0.15, 0.2) is 0 Å². The first kappa shape index (κ1) is 20.3. The molecule has 2 aromatic rings. The minimum atomic E-state index is -3.65. The predicted octanol–water partition coefficient (Wildman–Crippen LogP) is 2.04. The number of nitrogens with one attached hydrogen (secondary N) is 1. The van der Waals surface area contributed by atoms with Crippen molar-refractivity contribution in [3.8, 4) is 5.75 Å². The number of rotatable bonds is 7. The zero-order valence-corrected chi connectivity index (χ0v) is 16.6. The molecule has 1 aliphatic rings. The van der Waals surface area contributed by atoms with Gasteiger partial charge < -0.3 is 14.8 Å². The van der Waals surface area contributed by atoms with E-state index in [2.05, 4.69) is 5.32 Å². The molecule has 1 N–H and O–H groups in total. The Balaban J connectivity index is 1.72. The van der Waals surface area contributed by atoms with E-state index in [1.165, 1.54) is 16.4 Å². The quantitative estimate of drug-likeness (QED) is 0.763. The van der Waals surface area contributed by atoms with Crippen molar-refractivity contribution in [2.75, 3.05) is 32.9 Å². The molecule has 0 spiro atoms. The molecule has 0 bridgehead atoms. The van der Waals surface area contributed by atoms with E-state index in [4.69, 9.17) is 9.47 Å². The molecule has 7 nitrogen and oxygen atoms in total. The van der Waals surface area contributed by atoms with E-state index >= 15 is 0 Å². The molecular weight excluding hydrogens is 380 g/mol.